The van der Waals surface area contributed by atoms with Gasteiger partial charge < -0.3 is 24.1 Å². The van der Waals surface area contributed by atoms with Gasteiger partial charge in [-0.2, -0.15) is 0 Å². The second-order valence-electron chi connectivity index (χ2n) is 6.70. The van der Waals surface area contributed by atoms with Crippen LogP contribution in [-0.2, 0) is 4.74 Å². The molecule has 2 aromatic rings. The molecule has 0 amide bonds. The van der Waals surface area contributed by atoms with Crippen molar-refractivity contribution >= 4 is 5.97 Å². The van der Waals surface area contributed by atoms with Gasteiger partial charge in [-0.05, 0) is 43.4 Å². The van der Waals surface area contributed by atoms with Gasteiger partial charge in [-0.3, -0.25) is 4.90 Å². The van der Waals surface area contributed by atoms with Gasteiger partial charge in [-0.15, -0.1) is 0 Å². The highest BCUT2D eigenvalue weighted by Gasteiger charge is 2.22. The fourth-order valence-electron chi connectivity index (χ4n) is 2.99. The Labute approximate surface area is 164 Å². The summed E-state index contributed by atoms with van der Waals surface area (Å²) in [7, 11) is 3.25. The normalized spacial score (nSPS) is 16.5. The zero-order valence-electron chi connectivity index (χ0n) is 16.0. The third-order valence-electron chi connectivity index (χ3n) is 4.32. The summed E-state index contributed by atoms with van der Waals surface area (Å²) in [5, 5.41) is 10.2. The van der Waals surface area contributed by atoms with Crippen LogP contribution in [0.1, 0.15) is 10.4 Å². The number of hydrogen-bond donors (Lipinski definition) is 1. The van der Waals surface area contributed by atoms with E-state index < -0.39 is 12.1 Å². The molecule has 1 aliphatic heterocycles. The molecule has 7 heteroatoms. The number of para-hydroxylation sites is 2. The van der Waals surface area contributed by atoms with Crippen molar-refractivity contribution in [1.82, 2.24) is 4.90 Å². The number of nitrogens with zero attached hydrogens (tertiary/aromatic N) is 1. The smallest absolute Gasteiger partial charge is 0.337 e. The largest absolute Gasteiger partial charge is 0.491 e. The van der Waals surface area contributed by atoms with Gasteiger partial charge in [0.25, 0.3) is 0 Å². The quantitative estimate of drug-likeness (QED) is 0.694. The van der Waals surface area contributed by atoms with Gasteiger partial charge in [-0.1, -0.05) is 12.1 Å². The number of fused-ring (bicyclic) bond motifs is 1. The average molecular weight is 387 g/mol. The van der Waals surface area contributed by atoms with Gasteiger partial charge in [0.1, 0.15) is 31.2 Å². The minimum atomic E-state index is -0.665. The van der Waals surface area contributed by atoms with Crippen molar-refractivity contribution < 1.29 is 28.8 Å². The van der Waals surface area contributed by atoms with Crippen molar-refractivity contribution in [3.05, 3.63) is 54.1 Å². The molecule has 0 saturated carbocycles. The first-order chi connectivity index (χ1) is 13.5. The molecule has 1 N–H and O–H groups in total. The molecule has 7 nitrogen and oxygen atoms in total. The van der Waals surface area contributed by atoms with Crippen LogP contribution in [0, 0.1) is 0 Å². The lowest BCUT2D eigenvalue weighted by Gasteiger charge is -2.30. The Morgan fingerprint density at radius 1 is 1.21 bits per heavy atom. The molecular weight excluding hydrogens is 362 g/mol. The van der Waals surface area contributed by atoms with E-state index >= 15 is 0 Å². The van der Waals surface area contributed by atoms with E-state index in [-0.39, 0.29) is 12.7 Å². The number of hydrogen-bond acceptors (Lipinski definition) is 7. The van der Waals surface area contributed by atoms with Crippen LogP contribution in [0.2, 0.25) is 0 Å². The number of aliphatic hydroxyl groups excluding tert-OH is 1. The minimum Gasteiger partial charge on any atom is -0.491 e. The van der Waals surface area contributed by atoms with Crippen LogP contribution in [0.25, 0.3) is 0 Å². The van der Waals surface area contributed by atoms with E-state index in [0.29, 0.717) is 31.0 Å². The minimum absolute atomic E-state index is 0.0983. The van der Waals surface area contributed by atoms with Crippen molar-refractivity contribution in [2.24, 2.45) is 0 Å². The third kappa shape index (κ3) is 5.37. The summed E-state index contributed by atoms with van der Waals surface area (Å²) in [5.41, 5.74) is 0.450. The van der Waals surface area contributed by atoms with Crippen molar-refractivity contribution in [3.8, 4) is 17.2 Å². The van der Waals surface area contributed by atoms with Gasteiger partial charge in [0.05, 0.1) is 12.7 Å². The number of rotatable bonds is 8. The summed E-state index contributed by atoms with van der Waals surface area (Å²) < 4.78 is 21.9. The van der Waals surface area contributed by atoms with E-state index in [2.05, 4.69) is 4.74 Å². The van der Waals surface area contributed by atoms with E-state index in [9.17, 15) is 9.90 Å². The molecular formula is C21H25NO6. The zero-order chi connectivity index (χ0) is 19.9. The van der Waals surface area contributed by atoms with Gasteiger partial charge in [-0.25, -0.2) is 4.79 Å². The van der Waals surface area contributed by atoms with Crippen LogP contribution in [0.15, 0.2) is 48.5 Å². The van der Waals surface area contributed by atoms with Crippen LogP contribution in [0.5, 0.6) is 17.2 Å². The predicted octanol–water partition coefficient (Wildman–Crippen LogP) is 1.98. The standard InChI is InChI=1S/C21H25NO6/c1-22(12-18-14-27-19-5-3-4-6-20(19)28-18)11-16(23)13-26-17-9-7-15(8-10-17)21(24)25-2/h3-10,16,18,23H,11-14H2,1-2H3. The van der Waals surface area contributed by atoms with Gasteiger partial charge in [0.15, 0.2) is 11.5 Å². The van der Waals surface area contributed by atoms with E-state index in [1.807, 2.05) is 36.2 Å². The lowest BCUT2D eigenvalue weighted by atomic mass is 10.2. The topological polar surface area (TPSA) is 77.5 Å². The lowest BCUT2D eigenvalue weighted by molar-refractivity contribution is 0.0374. The Kier molecular flexibility index (Phi) is 6.73. The summed E-state index contributed by atoms with van der Waals surface area (Å²) in [6.07, 6.45) is -0.763. The molecule has 0 bridgehead atoms. The summed E-state index contributed by atoms with van der Waals surface area (Å²) in [5.74, 6) is 1.68. The maximum Gasteiger partial charge on any atom is 0.337 e. The lowest BCUT2D eigenvalue weighted by Crippen LogP contribution is -2.42. The monoisotopic (exact) mass is 387 g/mol. The highest BCUT2D eigenvalue weighted by Crippen LogP contribution is 2.30. The molecule has 2 unspecified atom stereocenters. The van der Waals surface area contributed by atoms with Crippen LogP contribution in [-0.4, -0.2) is 68.6 Å². The molecule has 0 saturated heterocycles. The number of aliphatic hydroxyl groups is 1. The second kappa shape index (κ2) is 9.43. The Morgan fingerprint density at radius 2 is 1.93 bits per heavy atom. The molecule has 1 aliphatic rings. The van der Waals surface area contributed by atoms with Crippen LogP contribution >= 0.6 is 0 Å². The number of ether oxygens (including phenoxy) is 4. The van der Waals surface area contributed by atoms with Crippen molar-refractivity contribution in [1.29, 1.82) is 0 Å². The molecule has 1 heterocycles. The molecule has 0 aromatic heterocycles. The number of carbonyl (C=O) groups is 1. The number of methoxy groups -OCH3 is 1. The number of likely N-dealkylation sites (N-methyl/N-ethyl adjacent to an activating group) is 1. The van der Waals surface area contributed by atoms with Crippen molar-refractivity contribution in [2.75, 3.05) is 40.5 Å². The highest BCUT2D eigenvalue weighted by atomic mass is 16.6. The molecule has 0 spiro atoms. The first kappa shape index (κ1) is 20.0. The van der Waals surface area contributed by atoms with E-state index in [0.717, 1.165) is 11.5 Å². The Balaban J connectivity index is 1.41. The molecule has 28 heavy (non-hydrogen) atoms. The molecule has 150 valence electrons. The second-order valence-corrected chi connectivity index (χ2v) is 6.70. The van der Waals surface area contributed by atoms with Gasteiger partial charge >= 0.3 is 5.97 Å². The summed E-state index contributed by atoms with van der Waals surface area (Å²) >= 11 is 0. The molecule has 0 fully saturated rings. The first-order valence-electron chi connectivity index (χ1n) is 9.11. The molecule has 3 rings (SSSR count). The Hall–Kier alpha value is -2.77. The summed E-state index contributed by atoms with van der Waals surface area (Å²) in [6.45, 7) is 1.67. The van der Waals surface area contributed by atoms with Crippen LogP contribution in [0.4, 0.5) is 0 Å². The van der Waals surface area contributed by atoms with E-state index in [1.165, 1.54) is 7.11 Å². The third-order valence-corrected chi connectivity index (χ3v) is 4.32. The zero-order valence-corrected chi connectivity index (χ0v) is 16.0. The molecule has 0 radical (unpaired) electrons. The maximum atomic E-state index is 11.4. The van der Waals surface area contributed by atoms with Crippen molar-refractivity contribution in [3.63, 3.8) is 0 Å². The summed E-state index contributed by atoms with van der Waals surface area (Å²) in [4.78, 5) is 13.4. The van der Waals surface area contributed by atoms with E-state index in [1.54, 1.807) is 24.3 Å². The highest BCUT2D eigenvalue weighted by molar-refractivity contribution is 5.89. The van der Waals surface area contributed by atoms with Crippen LogP contribution < -0.4 is 14.2 Å². The Morgan fingerprint density at radius 3 is 2.64 bits per heavy atom. The Bertz CT molecular complexity index is 779. The fraction of sp³-hybridized carbons (Fsp3) is 0.381. The SMILES string of the molecule is COC(=O)c1ccc(OCC(O)CN(C)CC2COc3ccccc3O2)cc1. The number of esters is 1. The fourth-order valence-corrected chi connectivity index (χ4v) is 2.99. The average Bonchev–Trinajstić information content (AvgIpc) is 2.72. The predicted molar refractivity (Wildman–Crippen MR) is 103 cm³/mol. The number of benzene rings is 2. The van der Waals surface area contributed by atoms with Crippen LogP contribution in [0.3, 0.4) is 0 Å². The number of carbonyl (C=O) groups excluding carboxylic acids is 1. The van der Waals surface area contributed by atoms with Gasteiger partial charge in [0.2, 0.25) is 0 Å². The first-order valence-corrected chi connectivity index (χ1v) is 9.11. The van der Waals surface area contributed by atoms with Gasteiger partial charge in [0, 0.05) is 13.1 Å². The summed E-state index contributed by atoms with van der Waals surface area (Å²) in [6, 6.07) is 14.2. The van der Waals surface area contributed by atoms with Crippen molar-refractivity contribution in [2.45, 2.75) is 12.2 Å². The molecule has 2 atom stereocenters. The maximum absolute atomic E-state index is 11.4. The molecule has 2 aromatic carbocycles. The van der Waals surface area contributed by atoms with E-state index in [4.69, 9.17) is 14.2 Å². The molecule has 0 aliphatic carbocycles.